The highest BCUT2D eigenvalue weighted by Crippen LogP contribution is 2.40. The topological polar surface area (TPSA) is 77.0 Å². The molecule has 0 fully saturated rings. The van der Waals surface area contributed by atoms with Gasteiger partial charge in [-0.2, -0.15) is 0 Å². The number of hydrogen-bond acceptors (Lipinski definition) is 5. The molecule has 1 aliphatic rings. The fourth-order valence-corrected chi connectivity index (χ4v) is 4.24. The molecule has 0 saturated carbocycles. The Morgan fingerprint density at radius 3 is 2.69 bits per heavy atom. The Labute approximate surface area is 189 Å². The lowest BCUT2D eigenvalue weighted by Gasteiger charge is -2.37. The molecule has 166 valence electrons. The van der Waals surface area contributed by atoms with Gasteiger partial charge in [0, 0.05) is 29.7 Å². The van der Waals surface area contributed by atoms with Crippen LogP contribution in [0, 0.1) is 12.3 Å². The highest BCUT2D eigenvalue weighted by atomic mass is 16.5. The molecule has 4 rings (SSSR count). The van der Waals surface area contributed by atoms with E-state index in [-0.39, 0.29) is 17.4 Å². The van der Waals surface area contributed by atoms with E-state index in [2.05, 4.69) is 29.1 Å². The number of pyridine rings is 1. The lowest BCUT2D eigenvalue weighted by molar-refractivity contribution is -0.129. The first-order valence-electron chi connectivity index (χ1n) is 11.1. The molecule has 32 heavy (non-hydrogen) atoms. The van der Waals surface area contributed by atoms with Crippen molar-refractivity contribution in [1.82, 2.24) is 20.3 Å². The van der Waals surface area contributed by atoms with Crippen molar-refractivity contribution < 1.29 is 9.53 Å². The summed E-state index contributed by atoms with van der Waals surface area (Å²) in [6.45, 7) is 8.37. The van der Waals surface area contributed by atoms with Crippen molar-refractivity contribution in [1.29, 1.82) is 0 Å². The molecule has 3 aromatic rings. The van der Waals surface area contributed by atoms with E-state index in [4.69, 9.17) is 9.72 Å². The molecule has 0 saturated heterocycles. The van der Waals surface area contributed by atoms with Crippen LogP contribution in [0.1, 0.15) is 56.5 Å². The number of amides is 1. The minimum atomic E-state index is -0.554. The standard InChI is InChI=1S/C26H30N4O2/c1-5-22(32-23-9-7-6-8-17(23)2)25(31)30-21-15-26(3,4)14-20-19(21)16-28-24(29-20)18-10-12-27-13-11-18/h6-13,16,21-22H,5,14-15H2,1-4H3,(H,30,31)/t21-,22-/m1/s1. The van der Waals surface area contributed by atoms with Crippen LogP contribution in [0.5, 0.6) is 5.75 Å². The number of ether oxygens (including phenoxy) is 1. The van der Waals surface area contributed by atoms with Crippen LogP contribution < -0.4 is 10.1 Å². The van der Waals surface area contributed by atoms with Gasteiger partial charge in [0.05, 0.1) is 11.7 Å². The van der Waals surface area contributed by atoms with Crippen LogP contribution in [-0.2, 0) is 11.2 Å². The summed E-state index contributed by atoms with van der Waals surface area (Å²) in [6.07, 6.45) is 7.04. The zero-order valence-corrected chi connectivity index (χ0v) is 19.1. The number of fused-ring (bicyclic) bond motifs is 1. The van der Waals surface area contributed by atoms with Crippen LogP contribution in [0.3, 0.4) is 0 Å². The first-order valence-corrected chi connectivity index (χ1v) is 11.1. The number of carbonyl (C=O) groups is 1. The third-order valence-electron chi connectivity index (χ3n) is 5.96. The number of rotatable bonds is 6. The molecule has 2 heterocycles. The van der Waals surface area contributed by atoms with Crippen molar-refractivity contribution in [3.63, 3.8) is 0 Å². The van der Waals surface area contributed by atoms with Crippen molar-refractivity contribution >= 4 is 5.91 Å². The summed E-state index contributed by atoms with van der Waals surface area (Å²) in [7, 11) is 0. The third-order valence-corrected chi connectivity index (χ3v) is 5.96. The molecule has 1 N–H and O–H groups in total. The molecular weight excluding hydrogens is 400 g/mol. The van der Waals surface area contributed by atoms with Gasteiger partial charge in [-0.1, -0.05) is 39.0 Å². The molecule has 2 aromatic heterocycles. The Morgan fingerprint density at radius 2 is 1.97 bits per heavy atom. The van der Waals surface area contributed by atoms with Gasteiger partial charge in [0.2, 0.25) is 0 Å². The van der Waals surface area contributed by atoms with Crippen molar-refractivity contribution in [2.24, 2.45) is 5.41 Å². The van der Waals surface area contributed by atoms with Crippen LogP contribution in [0.15, 0.2) is 55.0 Å². The number of nitrogens with one attached hydrogen (secondary N) is 1. The number of aryl methyl sites for hydroxylation is 1. The van der Waals surface area contributed by atoms with Gasteiger partial charge in [0.25, 0.3) is 5.91 Å². The molecule has 6 heteroatoms. The minimum absolute atomic E-state index is 0.00734. The van der Waals surface area contributed by atoms with E-state index in [1.165, 1.54) is 0 Å². The van der Waals surface area contributed by atoms with Crippen molar-refractivity contribution in [3.05, 3.63) is 71.8 Å². The van der Waals surface area contributed by atoms with Crippen LogP contribution in [-0.4, -0.2) is 27.0 Å². The van der Waals surface area contributed by atoms with E-state index in [1.807, 2.05) is 56.4 Å². The molecule has 0 bridgehead atoms. The maximum atomic E-state index is 13.2. The molecule has 1 aromatic carbocycles. The Hall–Kier alpha value is -3.28. The number of para-hydroxylation sites is 1. The Bertz CT molecular complexity index is 1100. The average Bonchev–Trinajstić information content (AvgIpc) is 2.78. The second-order valence-electron chi connectivity index (χ2n) is 9.22. The summed E-state index contributed by atoms with van der Waals surface area (Å²) in [5, 5.41) is 3.23. The summed E-state index contributed by atoms with van der Waals surface area (Å²) in [6, 6.07) is 11.4. The summed E-state index contributed by atoms with van der Waals surface area (Å²) in [4.78, 5) is 26.7. The van der Waals surface area contributed by atoms with Gasteiger partial charge in [-0.25, -0.2) is 9.97 Å². The van der Waals surface area contributed by atoms with Crippen molar-refractivity contribution in [3.8, 4) is 17.1 Å². The first-order chi connectivity index (χ1) is 15.4. The summed E-state index contributed by atoms with van der Waals surface area (Å²) in [5.74, 6) is 1.31. The molecule has 1 amide bonds. The minimum Gasteiger partial charge on any atom is -0.480 e. The first kappa shape index (κ1) is 21.9. The molecule has 1 aliphatic carbocycles. The van der Waals surface area contributed by atoms with Gasteiger partial charge in [-0.15, -0.1) is 0 Å². The Morgan fingerprint density at radius 1 is 1.22 bits per heavy atom. The maximum absolute atomic E-state index is 13.2. The quantitative estimate of drug-likeness (QED) is 0.606. The molecular formula is C26H30N4O2. The predicted molar refractivity (Wildman–Crippen MR) is 124 cm³/mol. The van der Waals surface area contributed by atoms with Gasteiger partial charge in [0.1, 0.15) is 5.75 Å². The molecule has 6 nitrogen and oxygen atoms in total. The van der Waals surface area contributed by atoms with Gasteiger partial charge < -0.3 is 10.1 Å². The number of nitrogens with zero attached hydrogens (tertiary/aromatic N) is 3. The van der Waals surface area contributed by atoms with E-state index in [0.717, 1.165) is 41.0 Å². The number of benzene rings is 1. The summed E-state index contributed by atoms with van der Waals surface area (Å²) < 4.78 is 6.07. The second-order valence-corrected chi connectivity index (χ2v) is 9.22. The molecule has 0 unspecified atom stereocenters. The Kier molecular flexibility index (Phi) is 6.21. The monoisotopic (exact) mass is 430 g/mol. The van der Waals surface area contributed by atoms with Gasteiger partial charge in [-0.05, 0) is 55.4 Å². The predicted octanol–water partition coefficient (Wildman–Crippen LogP) is 4.83. The smallest absolute Gasteiger partial charge is 0.261 e. The lowest BCUT2D eigenvalue weighted by atomic mass is 9.74. The summed E-state index contributed by atoms with van der Waals surface area (Å²) in [5.41, 5.74) is 3.93. The zero-order valence-electron chi connectivity index (χ0n) is 19.1. The zero-order chi connectivity index (χ0) is 22.7. The number of aromatic nitrogens is 3. The lowest BCUT2D eigenvalue weighted by Crippen LogP contribution is -2.43. The maximum Gasteiger partial charge on any atom is 0.261 e. The van der Waals surface area contributed by atoms with Gasteiger partial charge >= 0.3 is 0 Å². The number of carbonyl (C=O) groups excluding carboxylic acids is 1. The largest absolute Gasteiger partial charge is 0.480 e. The van der Waals surface area contributed by atoms with E-state index < -0.39 is 6.10 Å². The van der Waals surface area contributed by atoms with E-state index in [1.54, 1.807) is 12.4 Å². The third kappa shape index (κ3) is 4.79. The SMILES string of the molecule is CC[C@@H](Oc1ccccc1C)C(=O)N[C@@H]1CC(C)(C)Cc2nc(-c3ccncc3)ncc21. The van der Waals surface area contributed by atoms with E-state index in [9.17, 15) is 4.79 Å². The highest BCUT2D eigenvalue weighted by Gasteiger charge is 2.35. The van der Waals surface area contributed by atoms with E-state index in [0.29, 0.717) is 12.2 Å². The van der Waals surface area contributed by atoms with Crippen molar-refractivity contribution in [2.45, 2.75) is 59.1 Å². The summed E-state index contributed by atoms with van der Waals surface area (Å²) >= 11 is 0. The second kappa shape index (κ2) is 9.07. The van der Waals surface area contributed by atoms with Crippen LogP contribution in [0.4, 0.5) is 0 Å². The van der Waals surface area contributed by atoms with E-state index >= 15 is 0 Å². The van der Waals surface area contributed by atoms with Gasteiger partial charge in [0.15, 0.2) is 11.9 Å². The van der Waals surface area contributed by atoms with Gasteiger partial charge in [-0.3, -0.25) is 9.78 Å². The fourth-order valence-electron chi connectivity index (χ4n) is 4.24. The van der Waals surface area contributed by atoms with Crippen LogP contribution in [0.2, 0.25) is 0 Å². The molecule has 0 radical (unpaired) electrons. The molecule has 2 atom stereocenters. The molecule has 0 aliphatic heterocycles. The Balaban J connectivity index is 1.57. The van der Waals surface area contributed by atoms with Crippen LogP contribution in [0.25, 0.3) is 11.4 Å². The molecule has 0 spiro atoms. The number of hydrogen-bond donors (Lipinski definition) is 1. The fraction of sp³-hybridized carbons (Fsp3) is 0.385. The average molecular weight is 431 g/mol. The highest BCUT2D eigenvalue weighted by molar-refractivity contribution is 5.81. The van der Waals surface area contributed by atoms with Crippen molar-refractivity contribution in [2.75, 3.05) is 0 Å². The normalized spacial score (nSPS) is 17.8. The van der Waals surface area contributed by atoms with Crippen LogP contribution >= 0.6 is 0 Å².